The van der Waals surface area contributed by atoms with Gasteiger partial charge in [0, 0.05) is 17.7 Å². The number of Topliss-reactive ketones (excluding diaryl/α,β-unsaturated/α-hetero) is 1. The van der Waals surface area contributed by atoms with Gasteiger partial charge >= 0.3 is 0 Å². The van der Waals surface area contributed by atoms with E-state index in [1.54, 1.807) is 39.0 Å². The Hall–Kier alpha value is -1.36. The van der Waals surface area contributed by atoms with E-state index in [-0.39, 0.29) is 18.0 Å². The third-order valence-corrected chi connectivity index (χ3v) is 5.22. The highest BCUT2D eigenvalue weighted by molar-refractivity contribution is 7.91. The predicted octanol–water partition coefficient (Wildman–Crippen LogP) is 1.97. The standard InChI is InChI=1S/C13H19NO3S/c1-9(2)18(16,17)8-7-13(15)11-5-4-6-12(14)10(11)3/h4-6,9H,7-8,14H2,1-3H3. The Balaban J connectivity index is 2.82. The third-order valence-electron chi connectivity index (χ3n) is 3.01. The molecule has 18 heavy (non-hydrogen) atoms. The van der Waals surface area contributed by atoms with Crippen molar-refractivity contribution in [2.75, 3.05) is 11.5 Å². The molecule has 4 nitrogen and oxygen atoms in total. The Kier molecular flexibility index (Phi) is 4.51. The van der Waals surface area contributed by atoms with Gasteiger partial charge in [0.2, 0.25) is 0 Å². The van der Waals surface area contributed by atoms with E-state index in [0.29, 0.717) is 16.8 Å². The molecule has 0 aliphatic carbocycles. The lowest BCUT2D eigenvalue weighted by molar-refractivity contribution is 0.0988. The number of nitrogens with two attached hydrogens (primary N) is 1. The summed E-state index contributed by atoms with van der Waals surface area (Å²) in [5, 5.41) is -0.452. The molecule has 0 saturated heterocycles. The van der Waals surface area contributed by atoms with Gasteiger partial charge in [-0.15, -0.1) is 0 Å². The van der Waals surface area contributed by atoms with Crippen LogP contribution in [0, 0.1) is 6.92 Å². The number of ketones is 1. The zero-order chi connectivity index (χ0) is 13.9. The first-order chi connectivity index (χ1) is 8.25. The summed E-state index contributed by atoms with van der Waals surface area (Å²) in [6.45, 7) is 5.00. The van der Waals surface area contributed by atoms with E-state index in [1.807, 2.05) is 0 Å². The molecule has 5 heteroatoms. The first-order valence-corrected chi connectivity index (χ1v) is 7.57. The molecule has 100 valence electrons. The van der Waals surface area contributed by atoms with Crippen molar-refractivity contribution >= 4 is 21.3 Å². The minimum absolute atomic E-state index is 0.00477. The number of carbonyl (C=O) groups is 1. The van der Waals surface area contributed by atoms with Crippen LogP contribution < -0.4 is 5.73 Å². The maximum Gasteiger partial charge on any atom is 0.164 e. The average Bonchev–Trinajstić information content (AvgIpc) is 2.29. The van der Waals surface area contributed by atoms with Crippen LogP contribution in [-0.4, -0.2) is 25.2 Å². The number of benzene rings is 1. The second-order valence-corrected chi connectivity index (χ2v) is 7.29. The number of rotatable bonds is 5. The van der Waals surface area contributed by atoms with Crippen molar-refractivity contribution in [2.24, 2.45) is 0 Å². The van der Waals surface area contributed by atoms with Crippen molar-refractivity contribution < 1.29 is 13.2 Å². The second kappa shape index (κ2) is 5.52. The van der Waals surface area contributed by atoms with Crippen LogP contribution in [-0.2, 0) is 9.84 Å². The summed E-state index contributed by atoms with van der Waals surface area (Å²) >= 11 is 0. The fourth-order valence-electron chi connectivity index (χ4n) is 1.56. The van der Waals surface area contributed by atoms with E-state index in [4.69, 9.17) is 5.73 Å². The normalized spacial score (nSPS) is 11.8. The highest BCUT2D eigenvalue weighted by atomic mass is 32.2. The van der Waals surface area contributed by atoms with Crippen molar-refractivity contribution in [3.63, 3.8) is 0 Å². The van der Waals surface area contributed by atoms with E-state index in [1.165, 1.54) is 0 Å². The Morgan fingerprint density at radius 3 is 2.50 bits per heavy atom. The summed E-state index contributed by atoms with van der Waals surface area (Å²) in [6, 6.07) is 5.10. The van der Waals surface area contributed by atoms with Gasteiger partial charge in [0.1, 0.15) is 0 Å². The highest BCUT2D eigenvalue weighted by Crippen LogP contribution is 2.17. The molecule has 0 amide bonds. The van der Waals surface area contributed by atoms with Crippen molar-refractivity contribution in [1.82, 2.24) is 0 Å². The lowest BCUT2D eigenvalue weighted by Crippen LogP contribution is -2.20. The van der Waals surface area contributed by atoms with Crippen LogP contribution in [0.4, 0.5) is 5.69 Å². The van der Waals surface area contributed by atoms with Crippen LogP contribution in [0.1, 0.15) is 36.2 Å². The zero-order valence-corrected chi connectivity index (χ0v) is 11.8. The van der Waals surface area contributed by atoms with E-state index in [9.17, 15) is 13.2 Å². The Bertz CT molecular complexity index is 547. The topological polar surface area (TPSA) is 77.2 Å². The molecule has 1 aromatic rings. The first-order valence-electron chi connectivity index (χ1n) is 5.85. The van der Waals surface area contributed by atoms with Gasteiger partial charge < -0.3 is 5.73 Å². The lowest BCUT2D eigenvalue weighted by atomic mass is 10.0. The Morgan fingerprint density at radius 2 is 1.94 bits per heavy atom. The summed E-state index contributed by atoms with van der Waals surface area (Å²) in [4.78, 5) is 12.0. The fourth-order valence-corrected chi connectivity index (χ4v) is 2.50. The molecule has 0 spiro atoms. The van der Waals surface area contributed by atoms with Crippen LogP contribution in [0.25, 0.3) is 0 Å². The molecule has 0 aliphatic rings. The Labute approximate surface area is 108 Å². The molecule has 0 heterocycles. The van der Waals surface area contributed by atoms with E-state index in [0.717, 1.165) is 0 Å². The van der Waals surface area contributed by atoms with Crippen LogP contribution in [0.2, 0.25) is 0 Å². The van der Waals surface area contributed by atoms with Gasteiger partial charge in [-0.25, -0.2) is 8.42 Å². The molecular formula is C13H19NO3S. The van der Waals surface area contributed by atoms with Crippen molar-refractivity contribution in [3.05, 3.63) is 29.3 Å². The number of nitrogen functional groups attached to an aromatic ring is 1. The number of hydrogen-bond donors (Lipinski definition) is 1. The van der Waals surface area contributed by atoms with Crippen LogP contribution in [0.3, 0.4) is 0 Å². The fraction of sp³-hybridized carbons (Fsp3) is 0.462. The van der Waals surface area contributed by atoms with Gasteiger partial charge in [-0.05, 0) is 32.4 Å². The summed E-state index contributed by atoms with van der Waals surface area (Å²) in [5.74, 6) is -0.290. The van der Waals surface area contributed by atoms with Crippen LogP contribution >= 0.6 is 0 Å². The molecular weight excluding hydrogens is 250 g/mol. The monoisotopic (exact) mass is 269 g/mol. The number of anilines is 1. The van der Waals surface area contributed by atoms with Gasteiger partial charge in [-0.3, -0.25) is 4.79 Å². The van der Waals surface area contributed by atoms with Crippen molar-refractivity contribution in [3.8, 4) is 0 Å². The molecule has 0 unspecified atom stereocenters. The molecule has 0 atom stereocenters. The summed E-state index contributed by atoms with van der Waals surface area (Å²) < 4.78 is 23.3. The average molecular weight is 269 g/mol. The maximum atomic E-state index is 12.0. The molecule has 1 rings (SSSR count). The summed E-state index contributed by atoms with van der Waals surface area (Å²) in [6.07, 6.45) is 0.00477. The second-order valence-electron chi connectivity index (χ2n) is 4.61. The molecule has 0 aromatic heterocycles. The van der Waals surface area contributed by atoms with Crippen LogP contribution in [0.5, 0.6) is 0 Å². The molecule has 2 N–H and O–H groups in total. The smallest absolute Gasteiger partial charge is 0.164 e. The van der Waals surface area contributed by atoms with E-state index >= 15 is 0 Å². The van der Waals surface area contributed by atoms with E-state index in [2.05, 4.69) is 0 Å². The maximum absolute atomic E-state index is 12.0. The minimum Gasteiger partial charge on any atom is -0.398 e. The Morgan fingerprint density at radius 1 is 1.33 bits per heavy atom. The largest absolute Gasteiger partial charge is 0.398 e. The predicted molar refractivity (Wildman–Crippen MR) is 73.5 cm³/mol. The third kappa shape index (κ3) is 3.32. The van der Waals surface area contributed by atoms with Gasteiger partial charge in [-0.1, -0.05) is 12.1 Å². The van der Waals surface area contributed by atoms with Crippen LogP contribution in [0.15, 0.2) is 18.2 Å². The molecule has 0 aliphatic heterocycles. The molecule has 0 saturated carbocycles. The van der Waals surface area contributed by atoms with Gasteiger partial charge in [-0.2, -0.15) is 0 Å². The zero-order valence-electron chi connectivity index (χ0n) is 10.9. The summed E-state index contributed by atoms with van der Waals surface area (Å²) in [7, 11) is -3.18. The number of carbonyl (C=O) groups excluding carboxylic acids is 1. The van der Waals surface area contributed by atoms with Gasteiger partial charge in [0.15, 0.2) is 15.6 Å². The lowest BCUT2D eigenvalue weighted by Gasteiger charge is -2.09. The number of sulfone groups is 1. The summed E-state index contributed by atoms with van der Waals surface area (Å²) in [5.41, 5.74) is 7.49. The minimum atomic E-state index is -3.18. The molecule has 1 aromatic carbocycles. The molecule has 0 fully saturated rings. The van der Waals surface area contributed by atoms with E-state index < -0.39 is 15.1 Å². The molecule has 0 radical (unpaired) electrons. The van der Waals surface area contributed by atoms with Crippen molar-refractivity contribution in [1.29, 1.82) is 0 Å². The SMILES string of the molecule is Cc1c(N)cccc1C(=O)CCS(=O)(=O)C(C)C. The van der Waals surface area contributed by atoms with Crippen molar-refractivity contribution in [2.45, 2.75) is 32.4 Å². The first kappa shape index (κ1) is 14.7. The van der Waals surface area contributed by atoms with Gasteiger partial charge in [0.05, 0.1) is 11.0 Å². The number of hydrogen-bond acceptors (Lipinski definition) is 4. The highest BCUT2D eigenvalue weighted by Gasteiger charge is 2.19. The van der Waals surface area contributed by atoms with Gasteiger partial charge in [0.25, 0.3) is 0 Å². The quantitative estimate of drug-likeness (QED) is 0.655. The molecule has 0 bridgehead atoms.